The van der Waals surface area contributed by atoms with Crippen molar-refractivity contribution in [1.82, 2.24) is 5.32 Å². The Morgan fingerprint density at radius 2 is 2.19 bits per heavy atom. The largest absolute Gasteiger partial charge is 0.455 e. The first kappa shape index (κ1) is 10.9. The van der Waals surface area contributed by atoms with Crippen molar-refractivity contribution in [3.63, 3.8) is 0 Å². The van der Waals surface area contributed by atoms with Gasteiger partial charge in [-0.3, -0.25) is 9.59 Å². The molecule has 86 valence electrons. The SMILES string of the molecule is CC(C)NC(=O)c1cc2c(o1)CCCC2=O. The number of aryl methyl sites for hydroxylation is 1. The zero-order valence-corrected chi connectivity index (χ0v) is 9.50. The van der Waals surface area contributed by atoms with Crippen molar-refractivity contribution < 1.29 is 14.0 Å². The van der Waals surface area contributed by atoms with Crippen molar-refractivity contribution in [1.29, 1.82) is 0 Å². The van der Waals surface area contributed by atoms with Gasteiger partial charge in [0.1, 0.15) is 5.76 Å². The molecule has 1 aliphatic rings. The Morgan fingerprint density at radius 1 is 1.44 bits per heavy atom. The summed E-state index contributed by atoms with van der Waals surface area (Å²) in [4.78, 5) is 23.2. The minimum Gasteiger partial charge on any atom is -0.455 e. The van der Waals surface area contributed by atoms with Crippen LogP contribution >= 0.6 is 0 Å². The van der Waals surface area contributed by atoms with Gasteiger partial charge in [-0.1, -0.05) is 0 Å². The molecule has 0 aliphatic heterocycles. The van der Waals surface area contributed by atoms with Crippen LogP contribution in [0.1, 0.15) is 53.4 Å². The van der Waals surface area contributed by atoms with Gasteiger partial charge in [-0.15, -0.1) is 0 Å². The fraction of sp³-hybridized carbons (Fsp3) is 0.500. The summed E-state index contributed by atoms with van der Waals surface area (Å²) < 4.78 is 5.41. The highest BCUT2D eigenvalue weighted by Crippen LogP contribution is 2.24. The lowest BCUT2D eigenvalue weighted by atomic mass is 9.97. The van der Waals surface area contributed by atoms with Gasteiger partial charge in [-0.2, -0.15) is 0 Å². The number of Topliss-reactive ketones (excluding diaryl/α,β-unsaturated/α-hetero) is 1. The lowest BCUT2D eigenvalue weighted by molar-refractivity contribution is 0.0910. The summed E-state index contributed by atoms with van der Waals surface area (Å²) in [5.74, 6) is 0.727. The van der Waals surface area contributed by atoms with Gasteiger partial charge >= 0.3 is 0 Å². The van der Waals surface area contributed by atoms with Crippen molar-refractivity contribution in [2.75, 3.05) is 0 Å². The van der Waals surface area contributed by atoms with E-state index in [0.29, 0.717) is 17.7 Å². The number of carbonyl (C=O) groups excluding carboxylic acids is 2. The van der Waals surface area contributed by atoms with Crippen molar-refractivity contribution in [2.45, 2.75) is 39.2 Å². The molecule has 0 spiro atoms. The standard InChI is InChI=1S/C12H15NO3/c1-7(2)13-12(15)11-6-8-9(14)4-3-5-10(8)16-11/h6-7H,3-5H2,1-2H3,(H,13,15). The molecule has 4 heteroatoms. The highest BCUT2D eigenvalue weighted by atomic mass is 16.4. The molecule has 0 aromatic carbocycles. The first-order chi connectivity index (χ1) is 7.58. The molecule has 1 aromatic heterocycles. The molecule has 1 aromatic rings. The molecular weight excluding hydrogens is 206 g/mol. The molecule has 1 aliphatic carbocycles. The number of nitrogens with one attached hydrogen (secondary N) is 1. The third kappa shape index (κ3) is 2.01. The van der Waals surface area contributed by atoms with Gasteiger partial charge in [0.05, 0.1) is 5.56 Å². The van der Waals surface area contributed by atoms with Crippen LogP contribution < -0.4 is 5.32 Å². The Hall–Kier alpha value is -1.58. The monoisotopic (exact) mass is 221 g/mol. The van der Waals surface area contributed by atoms with E-state index < -0.39 is 0 Å². The van der Waals surface area contributed by atoms with Crippen molar-refractivity contribution in [3.8, 4) is 0 Å². The first-order valence-electron chi connectivity index (χ1n) is 5.54. The van der Waals surface area contributed by atoms with Gasteiger partial charge in [0.25, 0.3) is 5.91 Å². The van der Waals surface area contributed by atoms with Crippen molar-refractivity contribution in [2.24, 2.45) is 0 Å². The van der Waals surface area contributed by atoms with Crippen LogP contribution in [-0.4, -0.2) is 17.7 Å². The number of ketones is 1. The summed E-state index contributed by atoms with van der Waals surface area (Å²) in [6.07, 6.45) is 2.11. The van der Waals surface area contributed by atoms with E-state index in [4.69, 9.17) is 4.42 Å². The van der Waals surface area contributed by atoms with Crippen molar-refractivity contribution >= 4 is 11.7 Å². The summed E-state index contributed by atoms with van der Waals surface area (Å²) >= 11 is 0. The van der Waals surface area contributed by atoms with Crippen LogP contribution in [-0.2, 0) is 6.42 Å². The maximum absolute atomic E-state index is 11.7. The Bertz CT molecular complexity index is 431. The molecule has 2 rings (SSSR count). The Balaban J connectivity index is 2.24. The molecule has 4 nitrogen and oxygen atoms in total. The minimum absolute atomic E-state index is 0.0605. The molecule has 0 atom stereocenters. The third-order valence-corrected chi connectivity index (χ3v) is 2.56. The van der Waals surface area contributed by atoms with Crippen LogP contribution in [0.5, 0.6) is 0 Å². The second-order valence-electron chi connectivity index (χ2n) is 4.35. The first-order valence-corrected chi connectivity index (χ1v) is 5.54. The van der Waals surface area contributed by atoms with E-state index in [1.54, 1.807) is 6.07 Å². The molecular formula is C12H15NO3. The predicted molar refractivity (Wildman–Crippen MR) is 58.6 cm³/mol. The summed E-state index contributed by atoms with van der Waals surface area (Å²) in [6.45, 7) is 3.76. The number of amides is 1. The minimum atomic E-state index is -0.253. The summed E-state index contributed by atoms with van der Waals surface area (Å²) in [5.41, 5.74) is 0.583. The number of carbonyl (C=O) groups is 2. The average molecular weight is 221 g/mol. The van der Waals surface area contributed by atoms with E-state index in [9.17, 15) is 9.59 Å². The quantitative estimate of drug-likeness (QED) is 0.830. The molecule has 0 fully saturated rings. The zero-order valence-electron chi connectivity index (χ0n) is 9.50. The maximum Gasteiger partial charge on any atom is 0.287 e. The second-order valence-corrected chi connectivity index (χ2v) is 4.35. The van der Waals surface area contributed by atoms with E-state index in [1.807, 2.05) is 13.8 Å². The Morgan fingerprint density at radius 3 is 2.81 bits per heavy atom. The van der Waals surface area contributed by atoms with E-state index in [0.717, 1.165) is 12.8 Å². The molecule has 1 heterocycles. The van der Waals surface area contributed by atoms with Crippen LogP contribution in [0.15, 0.2) is 10.5 Å². The molecule has 0 saturated carbocycles. The number of furan rings is 1. The Labute approximate surface area is 94.0 Å². The molecule has 0 saturated heterocycles. The summed E-state index contributed by atoms with van der Waals surface area (Å²) in [6, 6.07) is 1.62. The molecule has 0 bridgehead atoms. The summed E-state index contributed by atoms with van der Waals surface area (Å²) in [5, 5.41) is 2.74. The van der Waals surface area contributed by atoms with Crippen LogP contribution in [0.25, 0.3) is 0 Å². The number of hydrogen-bond donors (Lipinski definition) is 1. The number of rotatable bonds is 2. The van der Waals surface area contributed by atoms with E-state index in [-0.39, 0.29) is 23.5 Å². The van der Waals surface area contributed by atoms with Gasteiger partial charge in [-0.05, 0) is 20.3 Å². The van der Waals surface area contributed by atoms with Crippen molar-refractivity contribution in [3.05, 3.63) is 23.2 Å². The van der Waals surface area contributed by atoms with E-state index in [1.165, 1.54) is 0 Å². The average Bonchev–Trinajstić information content (AvgIpc) is 2.61. The van der Waals surface area contributed by atoms with Gasteiger partial charge in [0.15, 0.2) is 11.5 Å². The number of fused-ring (bicyclic) bond motifs is 1. The molecule has 1 amide bonds. The topological polar surface area (TPSA) is 59.3 Å². The van der Waals surface area contributed by atoms with Crippen LogP contribution in [0.2, 0.25) is 0 Å². The summed E-state index contributed by atoms with van der Waals surface area (Å²) in [7, 11) is 0. The van der Waals surface area contributed by atoms with E-state index >= 15 is 0 Å². The predicted octanol–water partition coefficient (Wildman–Crippen LogP) is 1.94. The van der Waals surface area contributed by atoms with Gasteiger partial charge in [0, 0.05) is 24.9 Å². The lowest BCUT2D eigenvalue weighted by Crippen LogP contribution is -2.29. The highest BCUT2D eigenvalue weighted by Gasteiger charge is 2.24. The molecule has 0 radical (unpaired) electrons. The zero-order chi connectivity index (χ0) is 11.7. The van der Waals surface area contributed by atoms with E-state index in [2.05, 4.69) is 5.32 Å². The van der Waals surface area contributed by atoms with Crippen LogP contribution in [0.4, 0.5) is 0 Å². The maximum atomic E-state index is 11.7. The molecule has 16 heavy (non-hydrogen) atoms. The number of hydrogen-bond acceptors (Lipinski definition) is 3. The van der Waals surface area contributed by atoms with Crippen LogP contribution in [0.3, 0.4) is 0 Å². The Kier molecular flexibility index (Phi) is 2.81. The smallest absolute Gasteiger partial charge is 0.287 e. The lowest BCUT2D eigenvalue weighted by Gasteiger charge is -2.06. The highest BCUT2D eigenvalue weighted by molar-refractivity contribution is 6.01. The fourth-order valence-electron chi connectivity index (χ4n) is 1.84. The van der Waals surface area contributed by atoms with Gasteiger partial charge < -0.3 is 9.73 Å². The normalized spacial score (nSPS) is 15.1. The fourth-order valence-corrected chi connectivity index (χ4v) is 1.84. The second kappa shape index (κ2) is 4.12. The molecule has 1 N–H and O–H groups in total. The molecule has 0 unspecified atom stereocenters. The van der Waals surface area contributed by atoms with Gasteiger partial charge in [-0.25, -0.2) is 0 Å². The van der Waals surface area contributed by atoms with Crippen LogP contribution in [0, 0.1) is 0 Å². The van der Waals surface area contributed by atoms with Gasteiger partial charge in [0.2, 0.25) is 0 Å². The third-order valence-electron chi connectivity index (χ3n) is 2.56.